The Bertz CT molecular complexity index is 585. The van der Waals surface area contributed by atoms with Crippen LogP contribution in [0.25, 0.3) is 0 Å². The topological polar surface area (TPSA) is 68.1 Å². The molecule has 0 aliphatic heterocycles. The molecule has 94 valence electrons. The Balaban J connectivity index is 2.10. The average molecular weight is 284 g/mol. The van der Waals surface area contributed by atoms with Crippen LogP contribution in [0.2, 0.25) is 5.02 Å². The largest absolute Gasteiger partial charge is 0.378 e. The molecular weight excluding hydrogens is 274 g/mol. The van der Waals surface area contributed by atoms with Gasteiger partial charge in [0.05, 0.1) is 11.5 Å². The molecule has 18 heavy (non-hydrogen) atoms. The Kier molecular flexibility index (Phi) is 3.78. The number of hydrogen-bond donors (Lipinski definition) is 1. The second kappa shape index (κ2) is 5.32. The molecule has 0 spiro atoms. The third-order valence-corrected chi connectivity index (χ3v) is 3.54. The molecule has 0 fully saturated rings. The van der Waals surface area contributed by atoms with Crippen molar-refractivity contribution in [1.29, 1.82) is 0 Å². The zero-order valence-electron chi connectivity index (χ0n) is 9.51. The number of benzene rings is 1. The second-order valence-corrected chi connectivity index (χ2v) is 5.01. The fraction of sp³-hybridized carbons (Fsp3) is 0.182. The zero-order chi connectivity index (χ0) is 13.1. The van der Waals surface area contributed by atoms with Crippen LogP contribution in [-0.4, -0.2) is 9.91 Å². The van der Waals surface area contributed by atoms with Crippen LogP contribution in [0.3, 0.4) is 0 Å². The third kappa shape index (κ3) is 2.96. The lowest BCUT2D eigenvalue weighted by molar-refractivity contribution is -0.384. The minimum Gasteiger partial charge on any atom is -0.378 e. The van der Waals surface area contributed by atoms with Crippen molar-refractivity contribution in [3.8, 4) is 0 Å². The quantitative estimate of drug-likeness (QED) is 0.687. The summed E-state index contributed by atoms with van der Waals surface area (Å²) in [6.07, 6.45) is 0. The summed E-state index contributed by atoms with van der Waals surface area (Å²) >= 11 is 7.28. The van der Waals surface area contributed by atoms with Gasteiger partial charge >= 0.3 is 0 Å². The number of nitrogens with zero attached hydrogens (tertiary/aromatic N) is 2. The maximum absolute atomic E-state index is 10.7. The lowest BCUT2D eigenvalue weighted by Crippen LogP contribution is -2.00. The summed E-state index contributed by atoms with van der Waals surface area (Å²) in [7, 11) is 0. The Morgan fingerprint density at radius 2 is 2.33 bits per heavy atom. The van der Waals surface area contributed by atoms with Gasteiger partial charge in [-0.1, -0.05) is 11.6 Å². The molecule has 0 bridgehead atoms. The smallest absolute Gasteiger partial charge is 0.289 e. The molecule has 0 amide bonds. The van der Waals surface area contributed by atoms with E-state index in [0.29, 0.717) is 12.2 Å². The lowest BCUT2D eigenvalue weighted by atomic mass is 10.3. The highest BCUT2D eigenvalue weighted by atomic mass is 35.5. The predicted molar refractivity (Wildman–Crippen MR) is 72.3 cm³/mol. The second-order valence-electron chi connectivity index (χ2n) is 3.66. The highest BCUT2D eigenvalue weighted by Crippen LogP contribution is 2.27. The number of anilines is 1. The number of rotatable bonds is 4. The van der Waals surface area contributed by atoms with Gasteiger partial charge < -0.3 is 5.32 Å². The van der Waals surface area contributed by atoms with Gasteiger partial charge in [-0.2, -0.15) is 0 Å². The Morgan fingerprint density at radius 3 is 2.94 bits per heavy atom. The van der Waals surface area contributed by atoms with E-state index in [1.165, 1.54) is 12.1 Å². The summed E-state index contributed by atoms with van der Waals surface area (Å²) in [6.45, 7) is 2.46. The first-order valence-corrected chi connectivity index (χ1v) is 6.41. The molecule has 0 aliphatic rings. The van der Waals surface area contributed by atoms with Gasteiger partial charge in [0, 0.05) is 22.8 Å². The average Bonchev–Trinajstić information content (AvgIpc) is 2.74. The van der Waals surface area contributed by atoms with Gasteiger partial charge in [-0.05, 0) is 19.1 Å². The van der Waals surface area contributed by atoms with Gasteiger partial charge in [-0.25, -0.2) is 4.98 Å². The number of aryl methyl sites for hydroxylation is 1. The summed E-state index contributed by atoms with van der Waals surface area (Å²) in [5.74, 6) is 0. The summed E-state index contributed by atoms with van der Waals surface area (Å²) in [4.78, 5) is 14.5. The van der Waals surface area contributed by atoms with E-state index in [1.54, 1.807) is 17.4 Å². The fourth-order valence-electron chi connectivity index (χ4n) is 1.42. The van der Waals surface area contributed by atoms with E-state index in [2.05, 4.69) is 10.3 Å². The van der Waals surface area contributed by atoms with Crippen LogP contribution in [-0.2, 0) is 6.54 Å². The van der Waals surface area contributed by atoms with Crippen molar-refractivity contribution in [2.24, 2.45) is 0 Å². The molecular formula is C11H10ClN3O2S. The monoisotopic (exact) mass is 283 g/mol. The highest BCUT2D eigenvalue weighted by Gasteiger charge is 2.12. The van der Waals surface area contributed by atoms with E-state index in [1.807, 2.05) is 12.3 Å². The summed E-state index contributed by atoms with van der Waals surface area (Å²) in [5, 5.41) is 16.8. The minimum absolute atomic E-state index is 0.100. The van der Waals surface area contributed by atoms with Crippen molar-refractivity contribution in [2.75, 3.05) is 5.32 Å². The SMILES string of the molecule is Cc1csc(CNc2ccc(Cl)c([N+](=O)[O-])c2)n1. The van der Waals surface area contributed by atoms with E-state index >= 15 is 0 Å². The first kappa shape index (κ1) is 12.8. The highest BCUT2D eigenvalue weighted by molar-refractivity contribution is 7.09. The molecule has 7 heteroatoms. The van der Waals surface area contributed by atoms with Crippen LogP contribution < -0.4 is 5.32 Å². The Labute approximate surface area is 113 Å². The van der Waals surface area contributed by atoms with E-state index in [-0.39, 0.29) is 10.7 Å². The molecule has 1 aromatic carbocycles. The van der Waals surface area contributed by atoms with E-state index in [0.717, 1.165) is 10.7 Å². The molecule has 2 rings (SSSR count). The van der Waals surface area contributed by atoms with E-state index < -0.39 is 4.92 Å². The summed E-state index contributed by atoms with van der Waals surface area (Å²) in [6, 6.07) is 4.63. The van der Waals surface area contributed by atoms with Crippen LogP contribution in [0.5, 0.6) is 0 Å². The maximum Gasteiger partial charge on any atom is 0.289 e. The molecule has 5 nitrogen and oxygen atoms in total. The maximum atomic E-state index is 10.7. The van der Waals surface area contributed by atoms with Gasteiger partial charge in [-0.3, -0.25) is 10.1 Å². The molecule has 0 saturated carbocycles. The van der Waals surface area contributed by atoms with Crippen LogP contribution >= 0.6 is 22.9 Å². The van der Waals surface area contributed by atoms with Crippen LogP contribution in [0.4, 0.5) is 11.4 Å². The Hall–Kier alpha value is -1.66. The summed E-state index contributed by atoms with van der Waals surface area (Å²) in [5.41, 5.74) is 1.52. The van der Waals surface area contributed by atoms with Crippen molar-refractivity contribution < 1.29 is 4.92 Å². The first-order valence-electron chi connectivity index (χ1n) is 5.15. The molecule has 0 saturated heterocycles. The van der Waals surface area contributed by atoms with Gasteiger partial charge in [-0.15, -0.1) is 11.3 Å². The molecule has 1 N–H and O–H groups in total. The van der Waals surface area contributed by atoms with Crippen LogP contribution in [0.1, 0.15) is 10.7 Å². The van der Waals surface area contributed by atoms with Gasteiger partial charge in [0.1, 0.15) is 10.0 Å². The molecule has 0 atom stereocenters. The number of thiazole rings is 1. The number of halogens is 1. The molecule has 1 heterocycles. The number of aromatic nitrogens is 1. The first-order chi connectivity index (χ1) is 8.56. The van der Waals surface area contributed by atoms with Crippen molar-refractivity contribution in [2.45, 2.75) is 13.5 Å². The van der Waals surface area contributed by atoms with E-state index in [9.17, 15) is 10.1 Å². The van der Waals surface area contributed by atoms with Crippen molar-refractivity contribution in [3.63, 3.8) is 0 Å². The normalized spacial score (nSPS) is 10.3. The molecule has 1 aromatic heterocycles. The number of hydrogen-bond acceptors (Lipinski definition) is 5. The Morgan fingerprint density at radius 1 is 1.56 bits per heavy atom. The number of nitro groups is 1. The number of nitro benzene ring substituents is 1. The number of nitrogens with one attached hydrogen (secondary N) is 1. The van der Waals surface area contributed by atoms with Gasteiger partial charge in [0.2, 0.25) is 0 Å². The molecule has 2 aromatic rings. The van der Waals surface area contributed by atoms with Crippen molar-refractivity contribution >= 4 is 34.3 Å². The molecule has 0 aliphatic carbocycles. The van der Waals surface area contributed by atoms with Crippen LogP contribution in [0, 0.1) is 17.0 Å². The minimum atomic E-state index is -0.499. The summed E-state index contributed by atoms with van der Waals surface area (Å²) < 4.78 is 0. The van der Waals surface area contributed by atoms with E-state index in [4.69, 9.17) is 11.6 Å². The van der Waals surface area contributed by atoms with Gasteiger partial charge in [0.15, 0.2) is 0 Å². The molecule has 0 radical (unpaired) electrons. The predicted octanol–water partition coefficient (Wildman–Crippen LogP) is 3.63. The van der Waals surface area contributed by atoms with Crippen molar-refractivity contribution in [1.82, 2.24) is 4.98 Å². The molecule has 0 unspecified atom stereocenters. The standard InChI is InChI=1S/C11H10ClN3O2S/c1-7-6-18-11(14-7)5-13-8-2-3-9(12)10(4-8)15(16)17/h2-4,6,13H,5H2,1H3. The fourth-order valence-corrected chi connectivity index (χ4v) is 2.32. The van der Waals surface area contributed by atoms with Crippen LogP contribution in [0.15, 0.2) is 23.6 Å². The van der Waals surface area contributed by atoms with Gasteiger partial charge in [0.25, 0.3) is 5.69 Å². The third-order valence-electron chi connectivity index (χ3n) is 2.25. The lowest BCUT2D eigenvalue weighted by Gasteiger charge is -2.04. The van der Waals surface area contributed by atoms with Crippen molar-refractivity contribution in [3.05, 3.63) is 49.4 Å². The zero-order valence-corrected chi connectivity index (χ0v) is 11.1.